The number of nitrogens with zero attached hydrogens (tertiary/aromatic N) is 5. The van der Waals surface area contributed by atoms with E-state index in [1.807, 2.05) is 25.1 Å². The average molecular weight is 352 g/mol. The third-order valence-corrected chi connectivity index (χ3v) is 4.22. The van der Waals surface area contributed by atoms with Crippen LogP contribution in [0.25, 0.3) is 0 Å². The second-order valence-electron chi connectivity index (χ2n) is 6.75. The molecule has 0 bridgehead atoms. The summed E-state index contributed by atoms with van der Waals surface area (Å²) in [5.74, 6) is 7.38. The van der Waals surface area contributed by atoms with Gasteiger partial charge in [-0.2, -0.15) is 4.98 Å². The highest BCUT2D eigenvalue weighted by molar-refractivity contribution is 5.55. The molecule has 0 spiro atoms. The zero-order chi connectivity index (χ0) is 18.5. The summed E-state index contributed by atoms with van der Waals surface area (Å²) in [5, 5.41) is 21.4. The molecular formula is C19H24N6O. The van der Waals surface area contributed by atoms with Gasteiger partial charge in [0.05, 0.1) is 0 Å². The molecule has 0 saturated carbocycles. The molecule has 1 atom stereocenters. The number of aromatic hydroxyl groups is 1. The second-order valence-corrected chi connectivity index (χ2v) is 6.75. The predicted molar refractivity (Wildman–Crippen MR) is 102 cm³/mol. The van der Waals surface area contributed by atoms with Crippen LogP contribution in [-0.4, -0.2) is 65.5 Å². The normalized spacial score (nSPS) is 17.3. The van der Waals surface area contributed by atoms with Crippen LogP contribution in [0.5, 0.6) is 5.75 Å². The van der Waals surface area contributed by atoms with E-state index in [1.54, 1.807) is 18.2 Å². The summed E-state index contributed by atoms with van der Waals surface area (Å²) in [7, 11) is 5.93. The maximum absolute atomic E-state index is 9.54. The minimum Gasteiger partial charge on any atom is -0.508 e. The Hall–Kier alpha value is -2.85. The number of hydrogen-bond donors (Lipinski definition) is 2. The lowest BCUT2D eigenvalue weighted by molar-refractivity contribution is 0.260. The summed E-state index contributed by atoms with van der Waals surface area (Å²) in [6, 6.07) is 7.14. The van der Waals surface area contributed by atoms with Crippen molar-refractivity contribution in [3.63, 3.8) is 0 Å². The highest BCUT2D eigenvalue weighted by atomic mass is 16.3. The van der Waals surface area contributed by atoms with Crippen molar-refractivity contribution in [2.75, 3.05) is 44.4 Å². The van der Waals surface area contributed by atoms with Crippen LogP contribution < -0.4 is 10.2 Å². The number of nitrogens with one attached hydrogen (secondary N) is 1. The van der Waals surface area contributed by atoms with Crippen molar-refractivity contribution in [1.29, 1.82) is 0 Å². The quantitative estimate of drug-likeness (QED) is 0.812. The van der Waals surface area contributed by atoms with Gasteiger partial charge in [-0.15, -0.1) is 10.2 Å². The average Bonchev–Trinajstić information content (AvgIpc) is 2.60. The van der Waals surface area contributed by atoms with E-state index in [1.165, 1.54) is 0 Å². The molecule has 0 aliphatic carbocycles. The van der Waals surface area contributed by atoms with Crippen molar-refractivity contribution in [3.8, 4) is 17.6 Å². The topological polar surface area (TPSA) is 77.4 Å². The Morgan fingerprint density at radius 2 is 2.12 bits per heavy atom. The highest BCUT2D eigenvalue weighted by Gasteiger charge is 2.19. The summed E-state index contributed by atoms with van der Waals surface area (Å²) in [6.07, 6.45) is 2.26. The number of anilines is 2. The Balaban J connectivity index is 1.81. The predicted octanol–water partition coefficient (Wildman–Crippen LogP) is 1.55. The Labute approximate surface area is 154 Å². The van der Waals surface area contributed by atoms with E-state index in [0.29, 0.717) is 29.1 Å². The van der Waals surface area contributed by atoms with E-state index >= 15 is 0 Å². The summed E-state index contributed by atoms with van der Waals surface area (Å²) in [6.45, 7) is 2.10. The molecule has 0 radical (unpaired) electrons. The van der Waals surface area contributed by atoms with Gasteiger partial charge in [0.1, 0.15) is 5.75 Å². The molecule has 1 aromatic heterocycles. The molecule has 1 saturated heterocycles. The Morgan fingerprint density at radius 3 is 2.85 bits per heavy atom. The van der Waals surface area contributed by atoms with Crippen molar-refractivity contribution in [2.24, 2.45) is 0 Å². The van der Waals surface area contributed by atoms with Crippen molar-refractivity contribution in [1.82, 2.24) is 20.1 Å². The number of phenolic OH excluding ortho intramolecular Hbond substituents is 1. The SMILES string of the molecule is CN1CCCC(Nc2nnc(C#Cc3cccc(O)c3)c(N(C)C)n2)C1. The van der Waals surface area contributed by atoms with E-state index in [4.69, 9.17) is 0 Å². The first-order chi connectivity index (χ1) is 12.5. The standard InChI is InChI=1S/C19H24N6O/c1-24(2)18-17(10-9-14-6-4-8-16(26)12-14)22-23-19(21-18)20-15-7-5-11-25(3)13-15/h4,6,8,12,15,26H,5,7,11,13H2,1-3H3,(H,20,21,23). The molecule has 136 valence electrons. The molecule has 1 aromatic carbocycles. The second kappa shape index (κ2) is 8.02. The number of benzene rings is 1. The molecule has 1 aliphatic rings. The van der Waals surface area contributed by atoms with Crippen LogP contribution in [0.15, 0.2) is 24.3 Å². The van der Waals surface area contributed by atoms with Gasteiger partial charge in [0.15, 0.2) is 11.5 Å². The third kappa shape index (κ3) is 4.61. The summed E-state index contributed by atoms with van der Waals surface area (Å²) >= 11 is 0. The Morgan fingerprint density at radius 1 is 1.27 bits per heavy atom. The van der Waals surface area contributed by atoms with Crippen molar-refractivity contribution < 1.29 is 5.11 Å². The van der Waals surface area contributed by atoms with Crippen LogP contribution in [0, 0.1) is 11.8 Å². The van der Waals surface area contributed by atoms with E-state index in [9.17, 15) is 5.11 Å². The molecular weight excluding hydrogens is 328 g/mol. The number of likely N-dealkylation sites (tertiary alicyclic amines) is 1. The van der Waals surface area contributed by atoms with E-state index < -0.39 is 0 Å². The van der Waals surface area contributed by atoms with Gasteiger partial charge >= 0.3 is 0 Å². The molecule has 3 rings (SSSR count). The molecule has 1 fully saturated rings. The molecule has 2 heterocycles. The number of phenols is 1. The molecule has 0 amide bonds. The lowest BCUT2D eigenvalue weighted by Gasteiger charge is -2.30. The van der Waals surface area contributed by atoms with E-state index in [2.05, 4.69) is 44.3 Å². The van der Waals surface area contributed by atoms with E-state index in [-0.39, 0.29) is 5.75 Å². The summed E-state index contributed by atoms with van der Waals surface area (Å²) in [4.78, 5) is 8.77. The molecule has 2 N–H and O–H groups in total. The first kappa shape index (κ1) is 18.0. The molecule has 26 heavy (non-hydrogen) atoms. The summed E-state index contributed by atoms with van der Waals surface area (Å²) < 4.78 is 0. The van der Waals surface area contributed by atoms with Gasteiger partial charge in [0, 0.05) is 32.2 Å². The molecule has 7 heteroatoms. The van der Waals surface area contributed by atoms with Crippen LogP contribution >= 0.6 is 0 Å². The summed E-state index contributed by atoms with van der Waals surface area (Å²) in [5.41, 5.74) is 1.22. The number of hydrogen-bond acceptors (Lipinski definition) is 7. The van der Waals surface area contributed by atoms with Gasteiger partial charge in [-0.25, -0.2) is 0 Å². The van der Waals surface area contributed by atoms with Crippen molar-refractivity contribution in [2.45, 2.75) is 18.9 Å². The van der Waals surface area contributed by atoms with Gasteiger partial charge in [0.25, 0.3) is 0 Å². The van der Waals surface area contributed by atoms with Gasteiger partial charge in [-0.3, -0.25) is 0 Å². The maximum atomic E-state index is 9.54. The van der Waals surface area contributed by atoms with Crippen LogP contribution in [-0.2, 0) is 0 Å². The largest absolute Gasteiger partial charge is 0.508 e. The van der Waals surface area contributed by atoms with E-state index in [0.717, 1.165) is 25.9 Å². The first-order valence-corrected chi connectivity index (χ1v) is 8.69. The Bertz CT molecular complexity index is 826. The van der Waals surface area contributed by atoms with Crippen LogP contribution in [0.2, 0.25) is 0 Å². The highest BCUT2D eigenvalue weighted by Crippen LogP contribution is 2.17. The van der Waals surface area contributed by atoms with Gasteiger partial charge in [-0.05, 0) is 50.6 Å². The minimum atomic E-state index is 0.186. The van der Waals surface area contributed by atoms with Crippen LogP contribution in [0.3, 0.4) is 0 Å². The lowest BCUT2D eigenvalue weighted by atomic mass is 10.1. The van der Waals surface area contributed by atoms with Crippen LogP contribution in [0.1, 0.15) is 24.1 Å². The monoisotopic (exact) mass is 352 g/mol. The number of likely N-dealkylation sites (N-methyl/N-ethyl adjacent to an activating group) is 1. The molecule has 1 unspecified atom stereocenters. The number of aromatic nitrogens is 3. The Kier molecular flexibility index (Phi) is 5.54. The molecule has 7 nitrogen and oxygen atoms in total. The molecule has 2 aromatic rings. The fourth-order valence-electron chi connectivity index (χ4n) is 2.95. The zero-order valence-corrected chi connectivity index (χ0v) is 15.4. The number of rotatable bonds is 3. The maximum Gasteiger partial charge on any atom is 0.245 e. The number of piperidine rings is 1. The smallest absolute Gasteiger partial charge is 0.245 e. The fraction of sp³-hybridized carbons (Fsp3) is 0.421. The van der Waals surface area contributed by atoms with Gasteiger partial charge in [0.2, 0.25) is 5.95 Å². The third-order valence-electron chi connectivity index (χ3n) is 4.22. The first-order valence-electron chi connectivity index (χ1n) is 8.69. The minimum absolute atomic E-state index is 0.186. The van der Waals surface area contributed by atoms with Gasteiger partial charge < -0.3 is 20.2 Å². The van der Waals surface area contributed by atoms with Crippen molar-refractivity contribution in [3.05, 3.63) is 35.5 Å². The lowest BCUT2D eigenvalue weighted by Crippen LogP contribution is -2.40. The fourth-order valence-corrected chi connectivity index (χ4v) is 2.95. The molecule has 1 aliphatic heterocycles. The zero-order valence-electron chi connectivity index (χ0n) is 15.4. The van der Waals surface area contributed by atoms with Gasteiger partial charge in [-0.1, -0.05) is 12.0 Å². The van der Waals surface area contributed by atoms with Crippen LogP contribution in [0.4, 0.5) is 11.8 Å². The van der Waals surface area contributed by atoms with Crippen molar-refractivity contribution >= 4 is 11.8 Å².